The van der Waals surface area contributed by atoms with E-state index >= 15 is 0 Å². The third-order valence-corrected chi connectivity index (χ3v) is 6.16. The van der Waals surface area contributed by atoms with E-state index in [1.807, 2.05) is 13.8 Å². The molecule has 2 saturated carbocycles. The number of carbonyl (C=O) groups excluding carboxylic acids is 1. The highest BCUT2D eigenvalue weighted by Crippen LogP contribution is 2.60. The molecule has 5 atom stereocenters. The fourth-order valence-corrected chi connectivity index (χ4v) is 4.25. The van der Waals surface area contributed by atoms with Crippen LogP contribution in [0.5, 0.6) is 0 Å². The standard InChI is InChI=1S/C20H32O4/c1-11(2)14-8-7-12(3)9-16(14)24-19(23)17-15(20(17,5)6)10-13(4)18(21)22/h10-12,14-17H,7-9H2,1-6H3,(H,21,22)/b13-10+. The number of rotatable bonds is 5. The van der Waals surface area contributed by atoms with Gasteiger partial charge in [0.25, 0.3) is 0 Å². The lowest BCUT2D eigenvalue weighted by atomic mass is 9.75. The lowest BCUT2D eigenvalue weighted by molar-refractivity contribution is -0.158. The number of carboxylic acid groups (broad SMARTS) is 1. The van der Waals surface area contributed by atoms with E-state index in [1.165, 1.54) is 6.42 Å². The van der Waals surface area contributed by atoms with Gasteiger partial charge in [-0.2, -0.15) is 0 Å². The number of carboxylic acids is 1. The first-order chi connectivity index (χ1) is 11.1. The second-order valence-electron chi connectivity index (χ2n) is 8.78. The molecular formula is C20H32O4. The number of allylic oxidation sites excluding steroid dienone is 1. The van der Waals surface area contributed by atoms with Gasteiger partial charge in [-0.05, 0) is 48.9 Å². The molecule has 0 aliphatic heterocycles. The van der Waals surface area contributed by atoms with Gasteiger partial charge in [0.05, 0.1) is 5.92 Å². The number of hydrogen-bond donors (Lipinski definition) is 1. The van der Waals surface area contributed by atoms with Crippen molar-refractivity contribution in [2.45, 2.75) is 66.9 Å². The van der Waals surface area contributed by atoms with Gasteiger partial charge in [0, 0.05) is 5.57 Å². The van der Waals surface area contributed by atoms with E-state index in [1.54, 1.807) is 13.0 Å². The summed E-state index contributed by atoms with van der Waals surface area (Å²) in [6.45, 7) is 12.2. The van der Waals surface area contributed by atoms with Crippen molar-refractivity contribution in [1.82, 2.24) is 0 Å². The molecule has 2 rings (SSSR count). The number of carbonyl (C=O) groups is 2. The van der Waals surface area contributed by atoms with Gasteiger partial charge in [-0.1, -0.05) is 47.1 Å². The maximum absolute atomic E-state index is 12.7. The molecule has 0 amide bonds. The summed E-state index contributed by atoms with van der Waals surface area (Å²) < 4.78 is 5.95. The van der Waals surface area contributed by atoms with Crippen LogP contribution in [0.25, 0.3) is 0 Å². The smallest absolute Gasteiger partial charge is 0.330 e. The molecule has 0 heterocycles. The minimum atomic E-state index is -0.925. The van der Waals surface area contributed by atoms with Crippen LogP contribution < -0.4 is 0 Å². The Labute approximate surface area is 145 Å². The molecule has 24 heavy (non-hydrogen) atoms. The van der Waals surface area contributed by atoms with Gasteiger partial charge in [-0.15, -0.1) is 0 Å². The van der Waals surface area contributed by atoms with Gasteiger partial charge in [-0.3, -0.25) is 4.79 Å². The van der Waals surface area contributed by atoms with Crippen molar-refractivity contribution in [1.29, 1.82) is 0 Å². The van der Waals surface area contributed by atoms with Crippen molar-refractivity contribution in [2.75, 3.05) is 0 Å². The number of hydrogen-bond acceptors (Lipinski definition) is 3. The minimum absolute atomic E-state index is 0.00264. The Morgan fingerprint density at radius 2 is 1.88 bits per heavy atom. The molecule has 0 saturated heterocycles. The molecule has 5 unspecified atom stereocenters. The van der Waals surface area contributed by atoms with E-state index in [9.17, 15) is 9.59 Å². The normalized spacial score (nSPS) is 35.6. The molecule has 2 aliphatic rings. The Balaban J connectivity index is 2.06. The summed E-state index contributed by atoms with van der Waals surface area (Å²) in [5, 5.41) is 9.06. The zero-order chi connectivity index (χ0) is 18.2. The van der Waals surface area contributed by atoms with E-state index in [4.69, 9.17) is 9.84 Å². The Morgan fingerprint density at radius 3 is 2.42 bits per heavy atom. The maximum Gasteiger partial charge on any atom is 0.330 e. The van der Waals surface area contributed by atoms with E-state index < -0.39 is 5.97 Å². The summed E-state index contributed by atoms with van der Waals surface area (Å²) in [5.41, 5.74) is 0.0798. The van der Waals surface area contributed by atoms with Crippen molar-refractivity contribution in [3.63, 3.8) is 0 Å². The lowest BCUT2D eigenvalue weighted by Gasteiger charge is -2.36. The van der Waals surface area contributed by atoms with Gasteiger partial charge in [0.2, 0.25) is 0 Å². The molecule has 136 valence electrons. The Hall–Kier alpha value is -1.32. The average Bonchev–Trinajstić information content (AvgIpc) is 2.99. The van der Waals surface area contributed by atoms with Gasteiger partial charge in [-0.25, -0.2) is 4.79 Å². The minimum Gasteiger partial charge on any atom is -0.478 e. The van der Waals surface area contributed by atoms with Crippen LogP contribution in [0.3, 0.4) is 0 Å². The zero-order valence-corrected chi connectivity index (χ0v) is 15.8. The van der Waals surface area contributed by atoms with Crippen LogP contribution in [0, 0.1) is 35.0 Å². The molecule has 0 radical (unpaired) electrons. The van der Waals surface area contributed by atoms with Crippen molar-refractivity contribution in [2.24, 2.45) is 35.0 Å². The molecule has 4 nitrogen and oxygen atoms in total. The van der Waals surface area contributed by atoms with Gasteiger partial charge in [0.15, 0.2) is 0 Å². The summed E-state index contributed by atoms with van der Waals surface area (Å²) in [6.07, 6.45) is 4.98. The molecule has 2 aliphatic carbocycles. The monoisotopic (exact) mass is 336 g/mol. The summed E-state index contributed by atoms with van der Waals surface area (Å²) >= 11 is 0. The van der Waals surface area contributed by atoms with E-state index in [-0.39, 0.29) is 29.3 Å². The summed E-state index contributed by atoms with van der Waals surface area (Å²) in [4.78, 5) is 23.8. The molecule has 0 bridgehead atoms. The van der Waals surface area contributed by atoms with Crippen LogP contribution in [-0.4, -0.2) is 23.1 Å². The highest BCUT2D eigenvalue weighted by molar-refractivity contribution is 5.86. The SMILES string of the molecule is C/C(=C\C1C(C(=O)OC2CC(C)CCC2C(C)C)C1(C)C)C(=O)O. The fourth-order valence-electron chi connectivity index (χ4n) is 4.25. The number of ether oxygens (including phenoxy) is 1. The molecule has 0 aromatic heterocycles. The molecular weight excluding hydrogens is 304 g/mol. The van der Waals surface area contributed by atoms with Crippen molar-refractivity contribution in [3.8, 4) is 0 Å². The second-order valence-corrected chi connectivity index (χ2v) is 8.78. The topological polar surface area (TPSA) is 63.6 Å². The van der Waals surface area contributed by atoms with E-state index in [2.05, 4.69) is 20.8 Å². The van der Waals surface area contributed by atoms with Crippen LogP contribution in [0.4, 0.5) is 0 Å². The van der Waals surface area contributed by atoms with Crippen LogP contribution >= 0.6 is 0 Å². The first-order valence-electron chi connectivity index (χ1n) is 9.17. The predicted molar refractivity (Wildman–Crippen MR) is 93.4 cm³/mol. The summed E-state index contributed by atoms with van der Waals surface area (Å²) in [6, 6.07) is 0. The summed E-state index contributed by atoms with van der Waals surface area (Å²) in [5.74, 6) is 0.190. The van der Waals surface area contributed by atoms with E-state index in [0.717, 1.165) is 12.8 Å². The average molecular weight is 336 g/mol. The van der Waals surface area contributed by atoms with Crippen LogP contribution in [-0.2, 0) is 14.3 Å². The predicted octanol–water partition coefficient (Wildman–Crippen LogP) is 4.29. The summed E-state index contributed by atoms with van der Waals surface area (Å²) in [7, 11) is 0. The molecule has 0 aromatic carbocycles. The van der Waals surface area contributed by atoms with Crippen LogP contribution in [0.2, 0.25) is 0 Å². The number of esters is 1. The highest BCUT2D eigenvalue weighted by atomic mass is 16.5. The first kappa shape index (κ1) is 19.0. The Bertz CT molecular complexity index is 532. The van der Waals surface area contributed by atoms with Crippen molar-refractivity contribution < 1.29 is 19.4 Å². The molecule has 0 spiro atoms. The van der Waals surface area contributed by atoms with E-state index in [0.29, 0.717) is 23.3 Å². The van der Waals surface area contributed by atoms with Gasteiger partial charge < -0.3 is 9.84 Å². The fraction of sp³-hybridized carbons (Fsp3) is 0.800. The van der Waals surface area contributed by atoms with Crippen molar-refractivity contribution >= 4 is 11.9 Å². The zero-order valence-electron chi connectivity index (χ0n) is 15.8. The molecule has 2 fully saturated rings. The molecule has 4 heteroatoms. The third-order valence-electron chi connectivity index (χ3n) is 6.16. The maximum atomic E-state index is 12.7. The molecule has 1 N–H and O–H groups in total. The Morgan fingerprint density at radius 1 is 1.25 bits per heavy atom. The first-order valence-corrected chi connectivity index (χ1v) is 9.17. The van der Waals surface area contributed by atoms with Gasteiger partial charge in [0.1, 0.15) is 6.10 Å². The lowest BCUT2D eigenvalue weighted by Crippen LogP contribution is -2.36. The van der Waals surface area contributed by atoms with Crippen LogP contribution in [0.15, 0.2) is 11.6 Å². The van der Waals surface area contributed by atoms with Crippen LogP contribution in [0.1, 0.15) is 60.8 Å². The second kappa shape index (κ2) is 6.89. The highest BCUT2D eigenvalue weighted by Gasteiger charge is 2.62. The Kier molecular flexibility index (Phi) is 5.46. The number of aliphatic carboxylic acids is 1. The third kappa shape index (κ3) is 3.84. The quantitative estimate of drug-likeness (QED) is 0.601. The van der Waals surface area contributed by atoms with Gasteiger partial charge >= 0.3 is 11.9 Å². The van der Waals surface area contributed by atoms with Crippen molar-refractivity contribution in [3.05, 3.63) is 11.6 Å². The largest absolute Gasteiger partial charge is 0.478 e. The molecule has 0 aromatic rings.